The molecule has 1 aromatic carbocycles. The summed E-state index contributed by atoms with van der Waals surface area (Å²) in [6, 6.07) is 7.12. The van der Waals surface area contributed by atoms with E-state index in [0.717, 1.165) is 25.7 Å². The van der Waals surface area contributed by atoms with Gasteiger partial charge in [0.2, 0.25) is 12.3 Å². The van der Waals surface area contributed by atoms with Crippen LogP contribution in [0.2, 0.25) is 6.82 Å². The maximum Gasteiger partial charge on any atom is 0.335 e. The lowest BCUT2D eigenvalue weighted by Gasteiger charge is -2.29. The number of hydrogen-bond donors (Lipinski definition) is 4. The molecule has 48 heavy (non-hydrogen) atoms. The fourth-order valence-electron chi connectivity index (χ4n) is 4.92. The van der Waals surface area contributed by atoms with E-state index in [9.17, 15) is 29.0 Å². The van der Waals surface area contributed by atoms with Gasteiger partial charge in [-0.1, -0.05) is 59.3 Å². The van der Waals surface area contributed by atoms with Gasteiger partial charge in [-0.2, -0.15) is 0 Å². The molecule has 0 aliphatic rings. The number of ether oxygens (including phenoxy) is 1. The highest BCUT2D eigenvalue weighted by molar-refractivity contribution is 7.54. The minimum atomic E-state index is -3.58. The Balaban J connectivity index is 2.09. The van der Waals surface area contributed by atoms with Crippen molar-refractivity contribution >= 4 is 39.2 Å². The number of furan rings is 1. The van der Waals surface area contributed by atoms with Gasteiger partial charge in [0.25, 0.3) is 11.8 Å². The van der Waals surface area contributed by atoms with Crippen molar-refractivity contribution in [2.24, 2.45) is 5.92 Å². The average molecular weight is 692 g/mol. The molecule has 4 N–H and O–H groups in total. The molecule has 4 amide bonds. The van der Waals surface area contributed by atoms with Crippen LogP contribution in [0.4, 0.5) is 0 Å². The average Bonchev–Trinajstić information content (AvgIpc) is 3.58. The van der Waals surface area contributed by atoms with E-state index in [-0.39, 0.29) is 49.7 Å². The van der Waals surface area contributed by atoms with Gasteiger partial charge in [-0.05, 0) is 50.5 Å². The van der Waals surface area contributed by atoms with Crippen LogP contribution in [0.15, 0.2) is 34.7 Å². The summed E-state index contributed by atoms with van der Waals surface area (Å²) in [5.41, 5.74) is 0.723. The molecule has 0 bridgehead atoms. The topological polar surface area (TPSA) is 186 Å². The van der Waals surface area contributed by atoms with E-state index >= 15 is 0 Å². The molecule has 2 rings (SSSR count). The highest BCUT2D eigenvalue weighted by atomic mass is 31.2. The van der Waals surface area contributed by atoms with Crippen LogP contribution >= 0.6 is 7.60 Å². The van der Waals surface area contributed by atoms with Crippen molar-refractivity contribution in [3.05, 3.63) is 41.7 Å². The molecule has 1 aromatic heterocycles. The van der Waals surface area contributed by atoms with E-state index in [2.05, 4.69) is 16.0 Å². The van der Waals surface area contributed by atoms with Crippen LogP contribution in [0.25, 0.3) is 11.3 Å². The smallest absolute Gasteiger partial charge is 0.335 e. The van der Waals surface area contributed by atoms with Crippen molar-refractivity contribution in [2.75, 3.05) is 26.2 Å². The van der Waals surface area contributed by atoms with Crippen molar-refractivity contribution in [3.63, 3.8) is 0 Å². The summed E-state index contributed by atoms with van der Waals surface area (Å²) >= 11 is 0. The molecule has 1 unspecified atom stereocenters. The predicted octanol–water partition coefficient (Wildman–Crippen LogP) is 5.35. The van der Waals surface area contributed by atoms with Gasteiger partial charge < -0.3 is 34.1 Å². The summed E-state index contributed by atoms with van der Waals surface area (Å²) in [5.74, 6) is -1.60. The highest BCUT2D eigenvalue weighted by Gasteiger charge is 2.31. The number of nitrogens with one attached hydrogen (secondary N) is 3. The maximum atomic E-state index is 13.1. The summed E-state index contributed by atoms with van der Waals surface area (Å²) in [4.78, 5) is 50.0. The zero-order chi connectivity index (χ0) is 35.5. The van der Waals surface area contributed by atoms with E-state index in [1.165, 1.54) is 19.6 Å². The molecule has 265 valence electrons. The standard InChI is InChI=1S/C32H49BN4O10P/c1-6-10-12-13-24(26(8-3)37(42)22-38)30(39)34-20-35-32(41)28-17-16-27(46-28)23-14-15-25(29(19-23)44-9-4)31(40)36-21-48(43,47-33-5)45-18-11-7-2/h14-17,19,22,24,26,42H,6-13,18,20-21H2,1-5H3,(H,34,39)(H,35,41)(H,36,40)/t24-,26-,48?/m1/s1. The fraction of sp³-hybridized carbons (Fsp3) is 0.562. The number of rotatable bonds is 24. The number of nitrogens with zero attached hydrogens (tertiary/aromatic N) is 1. The van der Waals surface area contributed by atoms with E-state index in [4.69, 9.17) is 18.1 Å². The van der Waals surface area contributed by atoms with E-state index in [1.807, 2.05) is 13.8 Å². The summed E-state index contributed by atoms with van der Waals surface area (Å²) in [6.45, 7) is 9.42. The molecule has 1 radical (unpaired) electrons. The zero-order valence-corrected chi connectivity index (χ0v) is 29.4. The molecule has 0 spiro atoms. The van der Waals surface area contributed by atoms with Crippen LogP contribution < -0.4 is 20.7 Å². The zero-order valence-electron chi connectivity index (χ0n) is 28.5. The van der Waals surface area contributed by atoms with E-state index in [1.54, 1.807) is 38.9 Å². The van der Waals surface area contributed by atoms with Gasteiger partial charge in [0.1, 0.15) is 17.8 Å². The van der Waals surface area contributed by atoms with E-state index < -0.39 is 37.3 Å². The Labute approximate surface area is 283 Å². The second kappa shape index (κ2) is 21.4. The minimum absolute atomic E-state index is 0.0148. The normalized spacial score (nSPS) is 13.5. The van der Waals surface area contributed by atoms with Gasteiger partial charge in [0, 0.05) is 5.56 Å². The number of amides is 4. The lowest BCUT2D eigenvalue weighted by Crippen LogP contribution is -2.47. The third-order valence-corrected chi connectivity index (χ3v) is 9.08. The Hall–Kier alpha value is -3.65. The number of hydrogen-bond acceptors (Lipinski definition) is 10. The summed E-state index contributed by atoms with van der Waals surface area (Å²) < 4.78 is 35.1. The lowest BCUT2D eigenvalue weighted by molar-refractivity contribution is -0.168. The Bertz CT molecular complexity index is 1370. The predicted molar refractivity (Wildman–Crippen MR) is 181 cm³/mol. The second-order valence-corrected chi connectivity index (χ2v) is 12.9. The first-order chi connectivity index (χ1) is 23.1. The molecule has 0 saturated carbocycles. The molecule has 0 aliphatic carbocycles. The highest BCUT2D eigenvalue weighted by Crippen LogP contribution is 2.46. The SMILES string of the molecule is C[B]OP(=O)(CNC(=O)c1ccc(-c2ccc(C(=O)NCNC(=O)[C@H](CCCCC)[C@@H](CC)N(O)C=O)o2)cc1OCC)OCCCC. The summed E-state index contributed by atoms with van der Waals surface area (Å²) in [7, 11) is -2.32. The van der Waals surface area contributed by atoms with Gasteiger partial charge in [0.05, 0.1) is 37.4 Å². The van der Waals surface area contributed by atoms with Crippen LogP contribution in [0.3, 0.4) is 0 Å². The van der Waals surface area contributed by atoms with Crippen LogP contribution in [0, 0.1) is 5.92 Å². The van der Waals surface area contributed by atoms with Gasteiger partial charge in [-0.25, -0.2) is 5.06 Å². The third-order valence-electron chi connectivity index (χ3n) is 7.42. The van der Waals surface area contributed by atoms with Crippen LogP contribution in [0.5, 0.6) is 5.75 Å². The number of carbonyl (C=O) groups excluding carboxylic acids is 4. The molecular formula is C32H49BN4O10P. The van der Waals surface area contributed by atoms with Gasteiger partial charge in [0.15, 0.2) is 5.76 Å². The quantitative estimate of drug-likeness (QED) is 0.0213. The van der Waals surface area contributed by atoms with Crippen LogP contribution in [0.1, 0.15) is 93.6 Å². The minimum Gasteiger partial charge on any atom is -0.493 e. The van der Waals surface area contributed by atoms with Crippen molar-refractivity contribution in [1.29, 1.82) is 0 Å². The maximum absolute atomic E-state index is 13.1. The first kappa shape index (κ1) is 40.5. The first-order valence-corrected chi connectivity index (χ1v) is 18.1. The number of hydroxylamine groups is 2. The fourth-order valence-corrected chi connectivity index (χ4v) is 6.21. The Morgan fingerprint density at radius 3 is 2.42 bits per heavy atom. The Kier molecular flexibility index (Phi) is 18.0. The molecule has 1 heterocycles. The first-order valence-electron chi connectivity index (χ1n) is 16.4. The van der Waals surface area contributed by atoms with Crippen molar-refractivity contribution in [3.8, 4) is 17.1 Å². The van der Waals surface area contributed by atoms with Crippen LogP contribution in [-0.4, -0.2) is 74.1 Å². The Morgan fingerprint density at radius 1 is 1.02 bits per heavy atom. The van der Waals surface area contributed by atoms with Crippen molar-refractivity contribution in [1.82, 2.24) is 21.0 Å². The summed E-state index contributed by atoms with van der Waals surface area (Å²) in [6.07, 6.45) is 4.95. The van der Waals surface area contributed by atoms with E-state index in [0.29, 0.717) is 35.6 Å². The van der Waals surface area contributed by atoms with Gasteiger partial charge in [-0.3, -0.25) is 29.0 Å². The van der Waals surface area contributed by atoms with Gasteiger partial charge >= 0.3 is 15.1 Å². The third kappa shape index (κ3) is 12.4. The summed E-state index contributed by atoms with van der Waals surface area (Å²) in [5, 5.41) is 18.4. The molecular weight excluding hydrogens is 642 g/mol. The number of carbonyl (C=O) groups is 4. The molecule has 14 nitrogen and oxygen atoms in total. The Morgan fingerprint density at radius 2 is 1.77 bits per heavy atom. The van der Waals surface area contributed by atoms with Crippen molar-refractivity contribution in [2.45, 2.75) is 85.5 Å². The lowest BCUT2D eigenvalue weighted by atomic mass is 9.90. The molecule has 2 aromatic rings. The number of benzene rings is 1. The molecule has 3 atom stereocenters. The second-order valence-electron chi connectivity index (χ2n) is 10.9. The van der Waals surface area contributed by atoms with Crippen molar-refractivity contribution < 1.29 is 47.1 Å². The number of unbranched alkanes of at least 4 members (excludes halogenated alkanes) is 3. The van der Waals surface area contributed by atoms with Crippen LogP contribution in [-0.2, 0) is 23.1 Å². The monoisotopic (exact) mass is 691 g/mol. The largest absolute Gasteiger partial charge is 0.493 e. The molecule has 0 saturated heterocycles. The molecule has 0 aliphatic heterocycles. The molecule has 0 fully saturated rings. The van der Waals surface area contributed by atoms with Gasteiger partial charge in [-0.15, -0.1) is 0 Å². The molecule has 16 heteroatoms.